The second kappa shape index (κ2) is 28.3. The van der Waals surface area contributed by atoms with Crippen LogP contribution in [0.25, 0.3) is 11.4 Å². The number of nitrogens with one attached hydrogen (secondary N) is 2. The first-order valence-corrected chi connectivity index (χ1v) is 17.0. The molecule has 43 heavy (non-hydrogen) atoms. The first-order valence-electron chi connectivity index (χ1n) is 17.0. The lowest BCUT2D eigenvalue weighted by Crippen LogP contribution is -2.27. The second-order valence-corrected chi connectivity index (χ2v) is 11.4. The molecule has 1 heterocycles. The van der Waals surface area contributed by atoms with Gasteiger partial charge in [-0.3, -0.25) is 4.79 Å². The number of tetrazole rings is 1. The van der Waals surface area contributed by atoms with Crippen LogP contribution in [0.1, 0.15) is 124 Å². The molecule has 0 radical (unpaired) electrons. The van der Waals surface area contributed by atoms with Crippen LogP contribution in [-0.2, 0) is 14.3 Å². The molecule has 0 aliphatic rings. The van der Waals surface area contributed by atoms with Gasteiger partial charge in [-0.25, -0.2) is 0 Å². The first-order chi connectivity index (χ1) is 21.1. The highest BCUT2D eigenvalue weighted by atomic mass is 16.5. The second-order valence-electron chi connectivity index (χ2n) is 11.4. The molecule has 0 saturated heterocycles. The van der Waals surface area contributed by atoms with Crippen molar-refractivity contribution in [3.05, 3.63) is 24.3 Å². The lowest BCUT2D eigenvalue weighted by molar-refractivity contribution is -0.121. The largest absolute Gasteiger partial charge is 0.494 e. The molecule has 9 heteroatoms. The summed E-state index contributed by atoms with van der Waals surface area (Å²) in [6.07, 6.45) is 18.2. The van der Waals surface area contributed by atoms with Gasteiger partial charge in [-0.05, 0) is 55.2 Å². The summed E-state index contributed by atoms with van der Waals surface area (Å²) in [4.78, 5) is 11.8. The Balaban J connectivity index is 0.00000170. The molecule has 1 aromatic heterocycles. The van der Waals surface area contributed by atoms with Gasteiger partial charge in [0.2, 0.25) is 11.7 Å². The Morgan fingerprint density at radius 3 is 1.86 bits per heavy atom. The molecule has 1 amide bonds. The molecule has 2 N–H and O–H groups in total. The number of H-pyrrole nitrogens is 1. The van der Waals surface area contributed by atoms with Crippen LogP contribution in [0.3, 0.4) is 0 Å². The minimum absolute atomic E-state index is 0.137. The molecule has 0 atom stereocenters. The topological polar surface area (TPSA) is 111 Å². The zero-order valence-electron chi connectivity index (χ0n) is 27.7. The van der Waals surface area contributed by atoms with Gasteiger partial charge in [0.15, 0.2) is 0 Å². The number of rotatable bonds is 26. The molecule has 2 rings (SSSR count). The third-order valence-electron chi connectivity index (χ3n) is 7.24. The van der Waals surface area contributed by atoms with Crippen LogP contribution in [0.5, 0.6) is 5.75 Å². The third kappa shape index (κ3) is 23.6. The van der Waals surface area contributed by atoms with Crippen molar-refractivity contribution in [2.45, 2.75) is 124 Å². The number of unbranched alkanes of at least 4 members (excludes halogenated alkanes) is 12. The van der Waals surface area contributed by atoms with Crippen molar-refractivity contribution in [1.82, 2.24) is 25.9 Å². The lowest BCUT2D eigenvalue weighted by atomic mass is 10.0. The van der Waals surface area contributed by atoms with E-state index in [1.807, 2.05) is 31.2 Å². The van der Waals surface area contributed by atoms with Crippen LogP contribution in [0.15, 0.2) is 24.3 Å². The average molecular weight is 604 g/mol. The molecule has 0 saturated carbocycles. The fourth-order valence-corrected chi connectivity index (χ4v) is 4.22. The van der Waals surface area contributed by atoms with E-state index in [-0.39, 0.29) is 5.91 Å². The van der Waals surface area contributed by atoms with Gasteiger partial charge in [-0.15, -0.1) is 10.2 Å². The van der Waals surface area contributed by atoms with Crippen LogP contribution in [0.2, 0.25) is 0 Å². The van der Waals surface area contributed by atoms with E-state index >= 15 is 0 Å². The molecule has 2 aromatic rings. The Bertz CT molecular complexity index is 862. The number of hydrogen-bond acceptors (Lipinski definition) is 7. The molecular weight excluding hydrogens is 542 g/mol. The number of benzene rings is 1. The maximum Gasteiger partial charge on any atom is 0.220 e. The fourth-order valence-electron chi connectivity index (χ4n) is 4.22. The molecule has 0 unspecified atom stereocenters. The van der Waals surface area contributed by atoms with Crippen LogP contribution in [0, 0.1) is 5.92 Å². The van der Waals surface area contributed by atoms with Gasteiger partial charge in [0.1, 0.15) is 5.75 Å². The van der Waals surface area contributed by atoms with Gasteiger partial charge in [0, 0.05) is 25.1 Å². The maximum absolute atomic E-state index is 11.8. The highest BCUT2D eigenvalue weighted by Gasteiger charge is 2.03. The van der Waals surface area contributed by atoms with Crippen molar-refractivity contribution < 1.29 is 19.0 Å². The van der Waals surface area contributed by atoms with Crippen molar-refractivity contribution in [2.24, 2.45) is 5.92 Å². The van der Waals surface area contributed by atoms with Crippen LogP contribution >= 0.6 is 0 Å². The summed E-state index contributed by atoms with van der Waals surface area (Å²) >= 11 is 0. The van der Waals surface area contributed by atoms with Gasteiger partial charge in [-0.1, -0.05) is 97.8 Å². The highest BCUT2D eigenvalue weighted by molar-refractivity contribution is 5.75. The molecule has 0 aliphatic heterocycles. The van der Waals surface area contributed by atoms with Crippen LogP contribution in [-0.4, -0.2) is 66.1 Å². The van der Waals surface area contributed by atoms with E-state index in [1.165, 1.54) is 70.6 Å². The molecule has 0 fully saturated rings. The summed E-state index contributed by atoms with van der Waals surface area (Å²) in [5.74, 6) is 2.50. The summed E-state index contributed by atoms with van der Waals surface area (Å²) in [6, 6.07) is 7.81. The Kier molecular flexibility index (Phi) is 25.3. The normalized spacial score (nSPS) is 10.9. The molecule has 0 aliphatic carbocycles. The van der Waals surface area contributed by atoms with E-state index in [9.17, 15) is 4.79 Å². The van der Waals surface area contributed by atoms with E-state index in [4.69, 9.17) is 14.2 Å². The SMILES string of the molecule is CCC(C)C.CCOCCOCCNC(=O)CCCCCCCCCCCCCCCOc1ccc(-c2nn[nH]n2)cc1. The van der Waals surface area contributed by atoms with Crippen molar-refractivity contribution in [3.63, 3.8) is 0 Å². The summed E-state index contributed by atoms with van der Waals surface area (Å²) in [5.41, 5.74) is 0.926. The quantitative estimate of drug-likeness (QED) is 0.105. The minimum Gasteiger partial charge on any atom is -0.494 e. The maximum atomic E-state index is 11.8. The number of aromatic amines is 1. The predicted molar refractivity (Wildman–Crippen MR) is 175 cm³/mol. The zero-order valence-corrected chi connectivity index (χ0v) is 27.7. The summed E-state index contributed by atoms with van der Waals surface area (Å²) in [6.45, 7) is 12.4. The number of amides is 1. The van der Waals surface area contributed by atoms with Gasteiger partial charge in [0.25, 0.3) is 0 Å². The van der Waals surface area contributed by atoms with E-state index in [0.29, 0.717) is 45.2 Å². The zero-order chi connectivity index (χ0) is 31.2. The first kappa shape index (κ1) is 38.5. The summed E-state index contributed by atoms with van der Waals surface area (Å²) in [7, 11) is 0. The van der Waals surface area contributed by atoms with Crippen LogP contribution in [0.4, 0.5) is 0 Å². The van der Waals surface area contributed by atoms with E-state index in [2.05, 4.69) is 46.7 Å². The summed E-state index contributed by atoms with van der Waals surface area (Å²) < 4.78 is 16.4. The number of ether oxygens (including phenoxy) is 3. The van der Waals surface area contributed by atoms with Gasteiger partial charge in [0.05, 0.1) is 26.4 Å². The van der Waals surface area contributed by atoms with E-state index in [0.717, 1.165) is 43.1 Å². The number of carbonyl (C=O) groups is 1. The van der Waals surface area contributed by atoms with Crippen molar-refractivity contribution in [3.8, 4) is 17.1 Å². The van der Waals surface area contributed by atoms with Crippen LogP contribution < -0.4 is 10.1 Å². The Morgan fingerprint density at radius 1 is 0.767 bits per heavy atom. The molecule has 0 bridgehead atoms. The Morgan fingerprint density at radius 2 is 1.33 bits per heavy atom. The Labute approximate surface area is 261 Å². The molecule has 0 spiro atoms. The monoisotopic (exact) mass is 603 g/mol. The molecule has 1 aromatic carbocycles. The fraction of sp³-hybridized carbons (Fsp3) is 0.765. The predicted octanol–water partition coefficient (Wildman–Crippen LogP) is 7.93. The number of hydrogen-bond donors (Lipinski definition) is 2. The minimum atomic E-state index is 0.137. The molecule has 9 nitrogen and oxygen atoms in total. The van der Waals surface area contributed by atoms with Crippen molar-refractivity contribution in [2.75, 3.05) is 39.6 Å². The average Bonchev–Trinajstić information content (AvgIpc) is 3.56. The van der Waals surface area contributed by atoms with E-state index < -0.39 is 0 Å². The third-order valence-corrected chi connectivity index (χ3v) is 7.24. The van der Waals surface area contributed by atoms with Crippen molar-refractivity contribution in [1.29, 1.82) is 0 Å². The van der Waals surface area contributed by atoms with Gasteiger partial charge >= 0.3 is 0 Å². The molecular formula is C34H61N5O4. The Hall–Kier alpha value is -2.52. The number of nitrogens with zero attached hydrogens (tertiary/aromatic N) is 3. The standard InChI is InChI=1S/C29H49N5O4.C5H12/c1-2-36-24-25-37-23-21-30-28(35)16-14-12-10-8-6-4-3-5-7-9-11-13-15-22-38-27-19-17-26(18-20-27)29-31-33-34-32-29;1-4-5(2)3/h17-20H,2-16,21-25H2,1H3,(H,30,35)(H,31,32,33,34);5H,4H2,1-3H3. The van der Waals surface area contributed by atoms with Crippen molar-refractivity contribution >= 4 is 5.91 Å². The summed E-state index contributed by atoms with van der Waals surface area (Å²) in [5, 5.41) is 16.9. The highest BCUT2D eigenvalue weighted by Crippen LogP contribution is 2.19. The smallest absolute Gasteiger partial charge is 0.220 e. The van der Waals surface area contributed by atoms with Gasteiger partial charge < -0.3 is 19.5 Å². The van der Waals surface area contributed by atoms with Gasteiger partial charge in [-0.2, -0.15) is 5.21 Å². The number of carbonyl (C=O) groups excluding carboxylic acids is 1. The van der Waals surface area contributed by atoms with E-state index in [1.54, 1.807) is 0 Å². The lowest BCUT2D eigenvalue weighted by Gasteiger charge is -2.07. The molecule has 246 valence electrons. The number of aromatic nitrogens is 4.